The second-order valence-corrected chi connectivity index (χ2v) is 8.57. The number of phenolic OH excluding ortho intramolecular Hbond substituents is 1. The standard InChI is InChI=1S/C17H18IN3O3S/c1-21-4-3-9-12(7-21)25-17-13(9)16(23)19-15(20-17)8-5-10(18)14(22)11(6-8)24-2/h5-6,15,20,22H,3-4,7H2,1-2H3,(H,19,23)/t15-/m0/s1. The molecule has 1 aromatic carbocycles. The Kier molecular flexibility index (Phi) is 4.28. The molecule has 3 N–H and O–H groups in total. The number of benzene rings is 1. The number of carbonyl (C=O) groups is 1. The second-order valence-electron chi connectivity index (χ2n) is 6.30. The Morgan fingerprint density at radius 1 is 1.40 bits per heavy atom. The van der Waals surface area contributed by atoms with Crippen LogP contribution in [0.4, 0.5) is 5.00 Å². The highest BCUT2D eigenvalue weighted by Crippen LogP contribution is 2.42. The predicted octanol–water partition coefficient (Wildman–Crippen LogP) is 2.91. The van der Waals surface area contributed by atoms with Gasteiger partial charge < -0.3 is 25.4 Å². The van der Waals surface area contributed by atoms with Crippen molar-refractivity contribution in [3.05, 3.63) is 37.3 Å². The fourth-order valence-corrected chi connectivity index (χ4v) is 5.31. The van der Waals surface area contributed by atoms with Gasteiger partial charge in [-0.2, -0.15) is 0 Å². The molecule has 25 heavy (non-hydrogen) atoms. The lowest BCUT2D eigenvalue weighted by Gasteiger charge is -2.28. The van der Waals surface area contributed by atoms with E-state index in [1.165, 1.54) is 17.6 Å². The predicted molar refractivity (Wildman–Crippen MR) is 106 cm³/mol. The van der Waals surface area contributed by atoms with Crippen LogP contribution in [0, 0.1) is 3.57 Å². The highest BCUT2D eigenvalue weighted by atomic mass is 127. The zero-order chi connectivity index (χ0) is 17.7. The molecule has 0 spiro atoms. The van der Waals surface area contributed by atoms with Gasteiger partial charge >= 0.3 is 0 Å². The first kappa shape index (κ1) is 16.9. The number of halogens is 1. The van der Waals surface area contributed by atoms with Crippen molar-refractivity contribution >= 4 is 44.8 Å². The molecule has 4 rings (SSSR count). The number of rotatable bonds is 2. The van der Waals surface area contributed by atoms with Crippen LogP contribution in [0.1, 0.15) is 32.5 Å². The van der Waals surface area contributed by atoms with Gasteiger partial charge in [-0.05, 0) is 59.3 Å². The molecular formula is C17H18IN3O3S. The van der Waals surface area contributed by atoms with E-state index < -0.39 is 0 Å². The van der Waals surface area contributed by atoms with Crippen molar-refractivity contribution in [1.29, 1.82) is 0 Å². The summed E-state index contributed by atoms with van der Waals surface area (Å²) in [6.07, 6.45) is 0.559. The van der Waals surface area contributed by atoms with Crippen molar-refractivity contribution in [2.75, 3.05) is 26.0 Å². The monoisotopic (exact) mass is 471 g/mol. The van der Waals surface area contributed by atoms with Crippen LogP contribution in [0.5, 0.6) is 11.5 Å². The van der Waals surface area contributed by atoms with Crippen molar-refractivity contribution in [3.8, 4) is 11.5 Å². The van der Waals surface area contributed by atoms with Gasteiger partial charge in [0.1, 0.15) is 11.2 Å². The van der Waals surface area contributed by atoms with E-state index in [2.05, 4.69) is 45.2 Å². The average Bonchev–Trinajstić information content (AvgIpc) is 2.94. The number of carbonyl (C=O) groups excluding carboxylic acids is 1. The third kappa shape index (κ3) is 2.85. The number of hydrogen-bond donors (Lipinski definition) is 3. The summed E-state index contributed by atoms with van der Waals surface area (Å²) in [6.45, 7) is 1.86. The van der Waals surface area contributed by atoms with Gasteiger partial charge in [0.15, 0.2) is 11.5 Å². The molecule has 132 valence electrons. The normalized spacial score (nSPS) is 19.6. The van der Waals surface area contributed by atoms with Crippen molar-refractivity contribution in [2.45, 2.75) is 19.1 Å². The molecule has 0 saturated heterocycles. The van der Waals surface area contributed by atoms with E-state index in [1.54, 1.807) is 17.4 Å². The van der Waals surface area contributed by atoms with Gasteiger partial charge in [-0.1, -0.05) is 0 Å². The van der Waals surface area contributed by atoms with Gasteiger partial charge in [0.2, 0.25) is 0 Å². The smallest absolute Gasteiger partial charge is 0.256 e. The number of methoxy groups -OCH3 is 1. The lowest BCUT2D eigenvalue weighted by Crippen LogP contribution is -2.38. The maximum absolute atomic E-state index is 12.7. The molecule has 1 amide bonds. The summed E-state index contributed by atoms with van der Waals surface area (Å²) in [5.41, 5.74) is 2.82. The van der Waals surface area contributed by atoms with E-state index in [0.717, 1.165) is 35.6 Å². The molecule has 1 atom stereocenters. The number of ether oxygens (including phenoxy) is 1. The maximum atomic E-state index is 12.7. The number of nitrogens with one attached hydrogen (secondary N) is 2. The largest absolute Gasteiger partial charge is 0.504 e. The van der Waals surface area contributed by atoms with Crippen LogP contribution in [0.15, 0.2) is 12.1 Å². The molecule has 2 aromatic rings. The maximum Gasteiger partial charge on any atom is 0.256 e. The summed E-state index contributed by atoms with van der Waals surface area (Å²) in [4.78, 5) is 16.3. The van der Waals surface area contributed by atoms with E-state index in [0.29, 0.717) is 9.32 Å². The molecule has 0 unspecified atom stereocenters. The van der Waals surface area contributed by atoms with Crippen LogP contribution in [0.25, 0.3) is 0 Å². The third-order valence-electron chi connectivity index (χ3n) is 4.63. The number of hydrogen-bond acceptors (Lipinski definition) is 6. The Morgan fingerprint density at radius 3 is 2.96 bits per heavy atom. The Labute approximate surface area is 163 Å². The summed E-state index contributed by atoms with van der Waals surface area (Å²) >= 11 is 3.72. The fourth-order valence-electron chi connectivity index (χ4n) is 3.33. The van der Waals surface area contributed by atoms with Gasteiger partial charge in [0.05, 0.1) is 16.2 Å². The van der Waals surface area contributed by atoms with Crippen LogP contribution >= 0.6 is 33.9 Å². The number of anilines is 1. The minimum absolute atomic E-state index is 0.0390. The molecular weight excluding hydrogens is 453 g/mol. The SMILES string of the molecule is COc1cc([C@H]2NC(=O)c3c(sc4c3CCN(C)C4)N2)cc(I)c1O. The summed E-state index contributed by atoms with van der Waals surface area (Å²) in [7, 11) is 3.62. The first-order valence-corrected chi connectivity index (χ1v) is 9.84. The van der Waals surface area contributed by atoms with Gasteiger partial charge in [-0.3, -0.25) is 4.79 Å². The van der Waals surface area contributed by atoms with Crippen molar-refractivity contribution in [1.82, 2.24) is 10.2 Å². The number of likely N-dealkylation sites (N-methyl/N-ethyl adjacent to an activating group) is 1. The number of thiophene rings is 1. The number of amides is 1. The Hall–Kier alpha value is -1.52. The topological polar surface area (TPSA) is 73.8 Å². The highest BCUT2D eigenvalue weighted by Gasteiger charge is 2.33. The number of aromatic hydroxyl groups is 1. The van der Waals surface area contributed by atoms with Crippen LogP contribution in [-0.4, -0.2) is 36.6 Å². The summed E-state index contributed by atoms with van der Waals surface area (Å²) in [6, 6.07) is 3.60. The zero-order valence-corrected chi connectivity index (χ0v) is 16.8. The first-order chi connectivity index (χ1) is 12.0. The molecule has 8 heteroatoms. The molecule has 0 radical (unpaired) electrons. The van der Waals surface area contributed by atoms with Crippen molar-refractivity contribution in [2.24, 2.45) is 0 Å². The zero-order valence-electron chi connectivity index (χ0n) is 13.9. The Morgan fingerprint density at radius 2 is 2.20 bits per heavy atom. The quantitative estimate of drug-likeness (QED) is 0.588. The number of phenols is 1. The minimum Gasteiger partial charge on any atom is -0.504 e. The van der Waals surface area contributed by atoms with E-state index in [4.69, 9.17) is 4.74 Å². The number of nitrogens with zero attached hydrogens (tertiary/aromatic N) is 1. The minimum atomic E-state index is -0.346. The molecule has 0 bridgehead atoms. The summed E-state index contributed by atoms with van der Waals surface area (Å²) in [5.74, 6) is 0.475. The van der Waals surface area contributed by atoms with Crippen LogP contribution in [0.3, 0.4) is 0 Å². The molecule has 0 saturated carbocycles. The summed E-state index contributed by atoms with van der Waals surface area (Å²) in [5, 5.41) is 17.4. The van der Waals surface area contributed by atoms with Gasteiger partial charge in [0.25, 0.3) is 5.91 Å². The van der Waals surface area contributed by atoms with Crippen molar-refractivity contribution in [3.63, 3.8) is 0 Å². The summed E-state index contributed by atoms with van der Waals surface area (Å²) < 4.78 is 5.91. The molecule has 3 heterocycles. The van der Waals surface area contributed by atoms with Crippen molar-refractivity contribution < 1.29 is 14.6 Å². The first-order valence-electron chi connectivity index (χ1n) is 7.94. The van der Waals surface area contributed by atoms with Gasteiger partial charge in [0, 0.05) is 18.0 Å². The highest BCUT2D eigenvalue weighted by molar-refractivity contribution is 14.1. The lowest BCUT2D eigenvalue weighted by molar-refractivity contribution is 0.0935. The lowest BCUT2D eigenvalue weighted by atomic mass is 10.0. The molecule has 6 nitrogen and oxygen atoms in total. The van der Waals surface area contributed by atoms with E-state index >= 15 is 0 Å². The fraction of sp³-hybridized carbons (Fsp3) is 0.353. The van der Waals surface area contributed by atoms with Crippen LogP contribution < -0.4 is 15.4 Å². The van der Waals surface area contributed by atoms with Crippen LogP contribution in [-0.2, 0) is 13.0 Å². The number of fused-ring (bicyclic) bond motifs is 3. The molecule has 2 aliphatic rings. The Balaban J connectivity index is 1.71. The third-order valence-corrected chi connectivity index (χ3v) is 6.60. The molecule has 1 aromatic heterocycles. The Bertz CT molecular complexity index is 867. The average molecular weight is 471 g/mol. The molecule has 0 aliphatic carbocycles. The van der Waals surface area contributed by atoms with E-state index in [1.807, 2.05) is 6.07 Å². The van der Waals surface area contributed by atoms with E-state index in [9.17, 15) is 9.90 Å². The van der Waals surface area contributed by atoms with E-state index in [-0.39, 0.29) is 17.8 Å². The molecule has 0 fully saturated rings. The van der Waals surface area contributed by atoms with Gasteiger partial charge in [-0.15, -0.1) is 11.3 Å². The van der Waals surface area contributed by atoms with Crippen LogP contribution in [0.2, 0.25) is 0 Å². The van der Waals surface area contributed by atoms with Gasteiger partial charge in [-0.25, -0.2) is 0 Å². The molecule has 2 aliphatic heterocycles. The second kappa shape index (κ2) is 6.33.